The minimum absolute atomic E-state index is 0.219. The van der Waals surface area contributed by atoms with Gasteiger partial charge in [-0.25, -0.2) is 4.79 Å². The van der Waals surface area contributed by atoms with Crippen molar-refractivity contribution in [3.8, 4) is 0 Å². The molecule has 1 unspecified atom stereocenters. The lowest BCUT2D eigenvalue weighted by Crippen LogP contribution is -2.24. The molecule has 0 amide bonds. The zero-order valence-corrected chi connectivity index (χ0v) is 10.3. The zero-order valence-electron chi connectivity index (χ0n) is 10.3. The first-order chi connectivity index (χ1) is 7.88. The zero-order chi connectivity index (χ0) is 13.1. The van der Waals surface area contributed by atoms with Crippen molar-refractivity contribution in [2.75, 3.05) is 13.7 Å². The first-order valence-corrected chi connectivity index (χ1v) is 5.39. The van der Waals surface area contributed by atoms with Crippen molar-refractivity contribution in [2.24, 2.45) is 0 Å². The molecule has 1 aromatic rings. The minimum atomic E-state index is -1.48. The second-order valence-corrected chi connectivity index (χ2v) is 4.68. The molecule has 17 heavy (non-hydrogen) atoms. The molecular formula is C13H18O4. The van der Waals surface area contributed by atoms with Crippen molar-refractivity contribution in [1.29, 1.82) is 0 Å². The number of aliphatic hydroxyl groups excluding tert-OH is 1. The van der Waals surface area contributed by atoms with E-state index in [1.54, 1.807) is 25.3 Å². The Balaban J connectivity index is 3.04. The SMILES string of the molecule is COCC(C)(C)c1cccc(C(O)C(=O)O)c1. The molecule has 2 N–H and O–H groups in total. The number of hydrogen-bond acceptors (Lipinski definition) is 3. The van der Waals surface area contributed by atoms with Crippen LogP contribution >= 0.6 is 0 Å². The molecule has 1 atom stereocenters. The van der Waals surface area contributed by atoms with Gasteiger partial charge in [-0.3, -0.25) is 0 Å². The summed E-state index contributed by atoms with van der Waals surface area (Å²) in [5, 5.41) is 18.2. The fourth-order valence-corrected chi connectivity index (χ4v) is 1.72. The van der Waals surface area contributed by atoms with Crippen LogP contribution in [0.3, 0.4) is 0 Å². The summed E-state index contributed by atoms with van der Waals surface area (Å²) in [4.78, 5) is 10.7. The lowest BCUT2D eigenvalue weighted by molar-refractivity contribution is -0.146. The summed E-state index contributed by atoms with van der Waals surface area (Å²) in [7, 11) is 1.62. The van der Waals surface area contributed by atoms with Crippen LogP contribution in [0, 0.1) is 0 Å². The molecule has 94 valence electrons. The highest BCUT2D eigenvalue weighted by Gasteiger charge is 2.23. The quantitative estimate of drug-likeness (QED) is 0.819. The van der Waals surface area contributed by atoms with Crippen molar-refractivity contribution >= 4 is 5.97 Å². The Bertz CT molecular complexity index is 398. The summed E-state index contributed by atoms with van der Waals surface area (Å²) < 4.78 is 5.13. The maximum atomic E-state index is 10.7. The van der Waals surface area contributed by atoms with Gasteiger partial charge in [-0.15, -0.1) is 0 Å². The van der Waals surface area contributed by atoms with Gasteiger partial charge in [0.1, 0.15) is 0 Å². The molecule has 0 saturated heterocycles. The van der Waals surface area contributed by atoms with Crippen LogP contribution in [-0.2, 0) is 14.9 Å². The van der Waals surface area contributed by atoms with E-state index >= 15 is 0 Å². The standard InChI is InChI=1S/C13H18O4/c1-13(2,8-17-3)10-6-4-5-9(7-10)11(14)12(15)16/h4-7,11,14H,8H2,1-3H3,(H,15,16). The maximum absolute atomic E-state index is 10.7. The summed E-state index contributed by atoms with van der Waals surface area (Å²) in [6.07, 6.45) is -1.48. The van der Waals surface area contributed by atoms with Gasteiger partial charge in [-0.05, 0) is 11.1 Å². The first-order valence-electron chi connectivity index (χ1n) is 5.39. The molecule has 1 aromatic carbocycles. The molecule has 1 rings (SSSR count). The van der Waals surface area contributed by atoms with E-state index in [2.05, 4.69) is 0 Å². The Morgan fingerprint density at radius 1 is 1.47 bits per heavy atom. The van der Waals surface area contributed by atoms with E-state index in [9.17, 15) is 9.90 Å². The highest BCUT2D eigenvalue weighted by atomic mass is 16.5. The van der Waals surface area contributed by atoms with E-state index in [1.165, 1.54) is 0 Å². The Labute approximate surface area is 101 Å². The van der Waals surface area contributed by atoms with E-state index in [1.807, 2.05) is 19.9 Å². The average molecular weight is 238 g/mol. The number of carboxylic acids is 1. The van der Waals surface area contributed by atoms with E-state index in [0.29, 0.717) is 12.2 Å². The second kappa shape index (κ2) is 5.29. The van der Waals surface area contributed by atoms with Crippen molar-refractivity contribution < 1.29 is 19.7 Å². The van der Waals surface area contributed by atoms with Crippen molar-refractivity contribution in [2.45, 2.75) is 25.4 Å². The van der Waals surface area contributed by atoms with E-state index < -0.39 is 12.1 Å². The van der Waals surface area contributed by atoms with Gasteiger partial charge in [0.15, 0.2) is 6.10 Å². The van der Waals surface area contributed by atoms with Crippen LogP contribution in [0.4, 0.5) is 0 Å². The van der Waals surface area contributed by atoms with Gasteiger partial charge in [0, 0.05) is 12.5 Å². The largest absolute Gasteiger partial charge is 0.479 e. The van der Waals surface area contributed by atoms with Crippen LogP contribution in [0.5, 0.6) is 0 Å². The van der Waals surface area contributed by atoms with Crippen LogP contribution in [0.1, 0.15) is 31.1 Å². The molecule has 0 bridgehead atoms. The van der Waals surface area contributed by atoms with Crippen LogP contribution in [0.2, 0.25) is 0 Å². The lowest BCUT2D eigenvalue weighted by Gasteiger charge is -2.25. The van der Waals surface area contributed by atoms with Gasteiger partial charge in [0.25, 0.3) is 0 Å². The Hall–Kier alpha value is -1.39. The molecule has 0 fully saturated rings. The Morgan fingerprint density at radius 3 is 2.65 bits per heavy atom. The van der Waals surface area contributed by atoms with E-state index in [0.717, 1.165) is 5.56 Å². The number of methoxy groups -OCH3 is 1. The molecule has 4 heteroatoms. The van der Waals surface area contributed by atoms with Gasteiger partial charge < -0.3 is 14.9 Å². The van der Waals surface area contributed by atoms with Crippen LogP contribution in [0.25, 0.3) is 0 Å². The summed E-state index contributed by atoms with van der Waals surface area (Å²) in [6, 6.07) is 6.95. The number of aliphatic hydroxyl groups is 1. The monoisotopic (exact) mass is 238 g/mol. The highest BCUT2D eigenvalue weighted by molar-refractivity contribution is 5.74. The van der Waals surface area contributed by atoms with Gasteiger partial charge in [0.05, 0.1) is 6.61 Å². The van der Waals surface area contributed by atoms with Crippen molar-refractivity contribution in [3.63, 3.8) is 0 Å². The number of hydrogen-bond donors (Lipinski definition) is 2. The Morgan fingerprint density at radius 2 is 2.12 bits per heavy atom. The summed E-state index contributed by atoms with van der Waals surface area (Å²) in [5.41, 5.74) is 1.11. The third-order valence-corrected chi connectivity index (χ3v) is 2.72. The number of benzene rings is 1. The number of ether oxygens (including phenoxy) is 1. The molecule has 0 aromatic heterocycles. The normalized spacial score (nSPS) is 13.4. The molecule has 0 radical (unpaired) electrons. The van der Waals surface area contributed by atoms with Gasteiger partial charge in [-0.2, -0.15) is 0 Å². The average Bonchev–Trinajstić information content (AvgIpc) is 2.28. The fourth-order valence-electron chi connectivity index (χ4n) is 1.72. The first kappa shape index (κ1) is 13.7. The molecular weight excluding hydrogens is 220 g/mol. The molecule has 0 aliphatic carbocycles. The van der Waals surface area contributed by atoms with Crippen LogP contribution in [-0.4, -0.2) is 29.9 Å². The Kier molecular flexibility index (Phi) is 4.26. The number of aliphatic carboxylic acids is 1. The van der Waals surface area contributed by atoms with Crippen LogP contribution < -0.4 is 0 Å². The van der Waals surface area contributed by atoms with Crippen molar-refractivity contribution in [1.82, 2.24) is 0 Å². The van der Waals surface area contributed by atoms with E-state index in [-0.39, 0.29) is 5.41 Å². The molecule has 0 heterocycles. The van der Waals surface area contributed by atoms with Gasteiger partial charge in [-0.1, -0.05) is 38.1 Å². The second-order valence-electron chi connectivity index (χ2n) is 4.68. The van der Waals surface area contributed by atoms with Crippen LogP contribution in [0.15, 0.2) is 24.3 Å². The molecule has 0 saturated carbocycles. The molecule has 0 aliphatic rings. The summed E-state index contributed by atoms with van der Waals surface area (Å²) in [6.45, 7) is 4.53. The molecule has 0 aliphatic heterocycles. The third-order valence-electron chi connectivity index (χ3n) is 2.72. The predicted molar refractivity (Wildman–Crippen MR) is 63.9 cm³/mol. The fraction of sp³-hybridized carbons (Fsp3) is 0.462. The third kappa shape index (κ3) is 3.28. The van der Waals surface area contributed by atoms with Gasteiger partial charge in [0.2, 0.25) is 0 Å². The summed E-state index contributed by atoms with van der Waals surface area (Å²) >= 11 is 0. The maximum Gasteiger partial charge on any atom is 0.337 e. The lowest BCUT2D eigenvalue weighted by atomic mass is 9.84. The molecule has 4 nitrogen and oxygen atoms in total. The van der Waals surface area contributed by atoms with Crippen molar-refractivity contribution in [3.05, 3.63) is 35.4 Å². The number of carbonyl (C=O) groups is 1. The number of rotatable bonds is 5. The van der Waals surface area contributed by atoms with E-state index in [4.69, 9.17) is 9.84 Å². The molecule has 0 spiro atoms. The minimum Gasteiger partial charge on any atom is -0.479 e. The number of carboxylic acid groups (broad SMARTS) is 1. The highest BCUT2D eigenvalue weighted by Crippen LogP contribution is 2.26. The summed E-state index contributed by atoms with van der Waals surface area (Å²) in [5.74, 6) is -1.24. The topological polar surface area (TPSA) is 66.8 Å². The smallest absolute Gasteiger partial charge is 0.337 e. The van der Waals surface area contributed by atoms with Gasteiger partial charge >= 0.3 is 5.97 Å². The predicted octanol–water partition coefficient (Wildman–Crippen LogP) is 1.73.